The van der Waals surface area contributed by atoms with Crippen molar-refractivity contribution in [3.63, 3.8) is 0 Å². The van der Waals surface area contributed by atoms with Crippen LogP contribution in [0.15, 0.2) is 18.3 Å². The second-order valence-electron chi connectivity index (χ2n) is 3.47. The molecule has 0 aliphatic carbocycles. The van der Waals surface area contributed by atoms with Crippen molar-refractivity contribution in [1.82, 2.24) is 10.3 Å². The zero-order chi connectivity index (χ0) is 11.1. The van der Waals surface area contributed by atoms with E-state index in [1.165, 1.54) is 5.56 Å². The molecule has 1 heterocycles. The molecule has 80 valence electrons. The molecular weight excluding hydrogens is 184 g/mol. The number of pyridine rings is 1. The van der Waals surface area contributed by atoms with Gasteiger partial charge >= 0.3 is 0 Å². The van der Waals surface area contributed by atoms with Crippen LogP contribution in [0.5, 0.6) is 0 Å². The summed E-state index contributed by atoms with van der Waals surface area (Å²) in [7, 11) is 0. The monoisotopic (exact) mass is 202 g/mol. The number of aryl methyl sites for hydroxylation is 1. The molecule has 1 aromatic heterocycles. The lowest BCUT2D eigenvalue weighted by atomic mass is 10.1. The lowest BCUT2D eigenvalue weighted by Gasteiger charge is -2.11. The van der Waals surface area contributed by atoms with Gasteiger partial charge in [-0.2, -0.15) is 0 Å². The number of hydrogen-bond donors (Lipinski definition) is 1. The van der Waals surface area contributed by atoms with E-state index in [1.807, 2.05) is 12.3 Å². The van der Waals surface area contributed by atoms with Crippen LogP contribution in [0.25, 0.3) is 0 Å². The minimum Gasteiger partial charge on any atom is -0.298 e. The van der Waals surface area contributed by atoms with Crippen LogP contribution in [0.4, 0.5) is 0 Å². The van der Waals surface area contributed by atoms with E-state index in [2.05, 4.69) is 36.1 Å². The van der Waals surface area contributed by atoms with Gasteiger partial charge in [0.1, 0.15) is 0 Å². The van der Waals surface area contributed by atoms with Gasteiger partial charge in [-0.1, -0.05) is 25.8 Å². The smallest absolute Gasteiger partial charge is 0.0687 e. The summed E-state index contributed by atoms with van der Waals surface area (Å²) in [5.74, 6) is 2.72. The molecule has 2 nitrogen and oxygen atoms in total. The van der Waals surface area contributed by atoms with Crippen molar-refractivity contribution < 1.29 is 0 Å². The molecule has 0 aliphatic rings. The Kier molecular flexibility index (Phi) is 4.86. The third-order valence-electron chi connectivity index (χ3n) is 2.49. The molecule has 15 heavy (non-hydrogen) atoms. The van der Waals surface area contributed by atoms with Gasteiger partial charge in [-0.15, -0.1) is 6.42 Å². The molecule has 1 aromatic rings. The molecule has 2 heteroatoms. The average Bonchev–Trinajstić information content (AvgIpc) is 2.31. The Bertz CT molecular complexity index is 339. The Morgan fingerprint density at radius 3 is 2.93 bits per heavy atom. The number of hydrogen-bond acceptors (Lipinski definition) is 2. The van der Waals surface area contributed by atoms with Gasteiger partial charge in [-0.25, -0.2) is 0 Å². The molecule has 1 rings (SSSR count). The maximum Gasteiger partial charge on any atom is 0.0687 e. The van der Waals surface area contributed by atoms with Crippen LogP contribution < -0.4 is 5.32 Å². The van der Waals surface area contributed by atoms with Crippen molar-refractivity contribution in [1.29, 1.82) is 0 Å². The van der Waals surface area contributed by atoms with Crippen molar-refractivity contribution in [2.75, 3.05) is 0 Å². The van der Waals surface area contributed by atoms with Gasteiger partial charge in [0.05, 0.1) is 11.7 Å². The maximum absolute atomic E-state index is 5.39. The van der Waals surface area contributed by atoms with Gasteiger partial charge in [-0.05, 0) is 24.5 Å². The van der Waals surface area contributed by atoms with Crippen LogP contribution in [0.2, 0.25) is 0 Å². The lowest BCUT2D eigenvalue weighted by molar-refractivity contribution is 0.583. The van der Waals surface area contributed by atoms with Crippen LogP contribution in [-0.4, -0.2) is 11.0 Å². The minimum atomic E-state index is 0.150. The van der Waals surface area contributed by atoms with Crippen molar-refractivity contribution in [2.45, 2.75) is 39.3 Å². The van der Waals surface area contributed by atoms with Gasteiger partial charge in [0.2, 0.25) is 0 Å². The van der Waals surface area contributed by atoms with E-state index in [4.69, 9.17) is 6.42 Å². The highest BCUT2D eigenvalue weighted by Crippen LogP contribution is 2.06. The zero-order valence-electron chi connectivity index (χ0n) is 9.46. The highest BCUT2D eigenvalue weighted by atomic mass is 14.9. The molecule has 0 saturated carbocycles. The first-order chi connectivity index (χ1) is 7.31. The lowest BCUT2D eigenvalue weighted by Crippen LogP contribution is -2.27. The van der Waals surface area contributed by atoms with Gasteiger partial charge in [0.25, 0.3) is 0 Å². The van der Waals surface area contributed by atoms with E-state index < -0.39 is 0 Å². The first-order valence-corrected chi connectivity index (χ1v) is 5.44. The minimum absolute atomic E-state index is 0.150. The molecule has 1 unspecified atom stereocenters. The summed E-state index contributed by atoms with van der Waals surface area (Å²) < 4.78 is 0. The molecule has 0 aliphatic heterocycles. The maximum atomic E-state index is 5.39. The standard InChI is InChI=1S/C13H18N2/c1-4-11-8-7-9-14-13(11)10-15-12(5-2)6-3/h2,7-9,12,15H,4,6,10H2,1,3H3. The van der Waals surface area contributed by atoms with E-state index >= 15 is 0 Å². The second-order valence-corrected chi connectivity index (χ2v) is 3.47. The summed E-state index contributed by atoms with van der Waals surface area (Å²) in [5, 5.41) is 3.31. The number of rotatable bonds is 5. The number of nitrogens with zero attached hydrogens (tertiary/aromatic N) is 1. The fraction of sp³-hybridized carbons (Fsp3) is 0.462. The average molecular weight is 202 g/mol. The Balaban J connectivity index is 2.61. The summed E-state index contributed by atoms with van der Waals surface area (Å²) in [6, 6.07) is 4.23. The van der Waals surface area contributed by atoms with E-state index in [0.717, 1.165) is 25.1 Å². The molecule has 0 spiro atoms. The van der Waals surface area contributed by atoms with Crippen molar-refractivity contribution in [3.05, 3.63) is 29.6 Å². The molecular formula is C13H18N2. The fourth-order valence-electron chi connectivity index (χ4n) is 1.49. The largest absolute Gasteiger partial charge is 0.298 e. The Labute approximate surface area is 92.1 Å². The van der Waals surface area contributed by atoms with Crippen LogP contribution in [0.3, 0.4) is 0 Å². The summed E-state index contributed by atoms with van der Waals surface area (Å²) in [5.41, 5.74) is 2.39. The van der Waals surface area contributed by atoms with Crippen molar-refractivity contribution >= 4 is 0 Å². The topological polar surface area (TPSA) is 24.9 Å². The molecule has 0 aromatic carbocycles. The first-order valence-electron chi connectivity index (χ1n) is 5.44. The van der Waals surface area contributed by atoms with Crippen LogP contribution >= 0.6 is 0 Å². The third kappa shape index (κ3) is 3.38. The SMILES string of the molecule is C#CC(CC)NCc1ncccc1CC. The Morgan fingerprint density at radius 1 is 1.53 bits per heavy atom. The van der Waals surface area contributed by atoms with Crippen molar-refractivity contribution in [2.24, 2.45) is 0 Å². The second kappa shape index (κ2) is 6.21. The van der Waals surface area contributed by atoms with Gasteiger partial charge < -0.3 is 0 Å². The Morgan fingerprint density at radius 2 is 2.33 bits per heavy atom. The highest BCUT2D eigenvalue weighted by molar-refractivity contribution is 5.19. The molecule has 1 atom stereocenters. The highest BCUT2D eigenvalue weighted by Gasteiger charge is 2.04. The summed E-state index contributed by atoms with van der Waals surface area (Å²) in [6.45, 7) is 4.97. The third-order valence-corrected chi connectivity index (χ3v) is 2.49. The summed E-state index contributed by atoms with van der Waals surface area (Å²) >= 11 is 0. The Hall–Kier alpha value is -1.33. The molecule has 0 saturated heterocycles. The van der Waals surface area contributed by atoms with E-state index in [0.29, 0.717) is 0 Å². The van der Waals surface area contributed by atoms with E-state index in [9.17, 15) is 0 Å². The molecule has 1 N–H and O–H groups in total. The predicted octanol–water partition coefficient (Wildman–Crippen LogP) is 2.15. The summed E-state index contributed by atoms with van der Waals surface area (Å²) in [6.07, 6.45) is 9.17. The molecule has 0 amide bonds. The normalized spacial score (nSPS) is 12.1. The van der Waals surface area contributed by atoms with E-state index in [1.54, 1.807) is 0 Å². The number of terminal acetylenes is 1. The fourth-order valence-corrected chi connectivity index (χ4v) is 1.49. The number of nitrogens with one attached hydrogen (secondary N) is 1. The predicted molar refractivity (Wildman–Crippen MR) is 63.4 cm³/mol. The van der Waals surface area contributed by atoms with Crippen LogP contribution in [0.1, 0.15) is 31.5 Å². The first kappa shape index (κ1) is 11.7. The number of aromatic nitrogens is 1. The van der Waals surface area contributed by atoms with Gasteiger partial charge in [-0.3, -0.25) is 10.3 Å². The molecule has 0 fully saturated rings. The zero-order valence-corrected chi connectivity index (χ0v) is 9.46. The van der Waals surface area contributed by atoms with Crippen LogP contribution in [0, 0.1) is 12.3 Å². The van der Waals surface area contributed by atoms with Crippen molar-refractivity contribution in [3.8, 4) is 12.3 Å². The van der Waals surface area contributed by atoms with Gasteiger partial charge in [0, 0.05) is 12.7 Å². The van der Waals surface area contributed by atoms with Gasteiger partial charge in [0.15, 0.2) is 0 Å². The summed E-state index contributed by atoms with van der Waals surface area (Å²) in [4.78, 5) is 4.36. The van der Waals surface area contributed by atoms with Crippen LogP contribution in [-0.2, 0) is 13.0 Å². The molecule has 0 bridgehead atoms. The quantitative estimate of drug-likeness (QED) is 0.740. The molecule has 0 radical (unpaired) electrons. The van der Waals surface area contributed by atoms with E-state index in [-0.39, 0.29) is 6.04 Å².